The number of rotatable bonds is 2. The van der Waals surface area contributed by atoms with Gasteiger partial charge in [0.2, 0.25) is 0 Å². The fourth-order valence-electron chi connectivity index (χ4n) is 2.43. The summed E-state index contributed by atoms with van der Waals surface area (Å²) in [5, 5.41) is 17.3. The Kier molecular flexibility index (Phi) is 2.89. The second-order valence-corrected chi connectivity index (χ2v) is 4.99. The molecular weight excluding hydrogens is 260 g/mol. The van der Waals surface area contributed by atoms with Crippen molar-refractivity contribution in [3.05, 3.63) is 34.5 Å². The van der Waals surface area contributed by atoms with Gasteiger partial charge in [-0.15, -0.1) is 10.2 Å². The normalized spacial score (nSPS) is 17.8. The van der Waals surface area contributed by atoms with Gasteiger partial charge in [0, 0.05) is 37.8 Å². The zero-order valence-corrected chi connectivity index (χ0v) is 11.0. The van der Waals surface area contributed by atoms with E-state index in [9.17, 15) is 9.59 Å². The number of aromatic nitrogens is 4. The highest BCUT2D eigenvalue weighted by atomic mass is 16.4. The highest BCUT2D eigenvalue weighted by molar-refractivity contribution is 5.70. The standard InChI is InChI=1S/C13H14N4O3/c1-16-5-4-8(6-11(16)18)12-15-14-10-3-2-9(13(19)20)7-17(10)12/h4-6,9H,2-3,7H2,1H3,(H,19,20). The van der Waals surface area contributed by atoms with Gasteiger partial charge in [0.25, 0.3) is 5.56 Å². The van der Waals surface area contributed by atoms with Gasteiger partial charge in [0.1, 0.15) is 5.82 Å². The molecule has 3 heterocycles. The van der Waals surface area contributed by atoms with Crippen LogP contribution in [-0.4, -0.2) is 30.4 Å². The van der Waals surface area contributed by atoms with E-state index in [0.717, 1.165) is 5.82 Å². The van der Waals surface area contributed by atoms with Crippen LogP contribution in [0.25, 0.3) is 11.4 Å². The molecule has 3 rings (SSSR count). The van der Waals surface area contributed by atoms with Gasteiger partial charge in [-0.25, -0.2) is 0 Å². The third-order valence-electron chi connectivity index (χ3n) is 3.66. The van der Waals surface area contributed by atoms with Crippen molar-refractivity contribution in [1.29, 1.82) is 0 Å². The average molecular weight is 274 g/mol. The number of aryl methyl sites for hydroxylation is 2. The van der Waals surface area contributed by atoms with E-state index in [1.807, 2.05) is 0 Å². The van der Waals surface area contributed by atoms with E-state index < -0.39 is 11.9 Å². The summed E-state index contributed by atoms with van der Waals surface area (Å²) in [6.45, 7) is 0.349. The topological polar surface area (TPSA) is 90.0 Å². The molecule has 1 atom stereocenters. The van der Waals surface area contributed by atoms with Gasteiger partial charge in [-0.1, -0.05) is 0 Å². The number of pyridine rings is 1. The van der Waals surface area contributed by atoms with Crippen LogP contribution in [0, 0.1) is 5.92 Å². The van der Waals surface area contributed by atoms with Crippen LogP contribution >= 0.6 is 0 Å². The Morgan fingerprint density at radius 2 is 2.25 bits per heavy atom. The maximum atomic E-state index is 11.7. The highest BCUT2D eigenvalue weighted by Crippen LogP contribution is 2.25. The Hall–Kier alpha value is -2.44. The Morgan fingerprint density at radius 3 is 2.95 bits per heavy atom. The Labute approximate surface area is 114 Å². The van der Waals surface area contributed by atoms with Crippen LogP contribution < -0.4 is 5.56 Å². The molecule has 0 radical (unpaired) electrons. The van der Waals surface area contributed by atoms with Crippen LogP contribution in [0.2, 0.25) is 0 Å². The number of nitrogens with zero attached hydrogens (tertiary/aromatic N) is 4. The molecule has 0 aromatic carbocycles. The maximum Gasteiger partial charge on any atom is 0.308 e. The van der Waals surface area contributed by atoms with Crippen molar-refractivity contribution in [3.63, 3.8) is 0 Å². The number of carboxylic acid groups (broad SMARTS) is 1. The van der Waals surface area contributed by atoms with Gasteiger partial charge in [0.05, 0.1) is 5.92 Å². The smallest absolute Gasteiger partial charge is 0.308 e. The minimum Gasteiger partial charge on any atom is -0.481 e. The predicted octanol–water partition coefficient (Wildman–Crippen LogP) is 0.291. The lowest BCUT2D eigenvalue weighted by Crippen LogP contribution is -2.27. The third kappa shape index (κ3) is 2.01. The van der Waals surface area contributed by atoms with Crippen molar-refractivity contribution in [2.24, 2.45) is 13.0 Å². The van der Waals surface area contributed by atoms with E-state index in [0.29, 0.717) is 30.8 Å². The molecule has 104 valence electrons. The lowest BCUT2D eigenvalue weighted by atomic mass is 9.99. The maximum absolute atomic E-state index is 11.7. The largest absolute Gasteiger partial charge is 0.481 e. The van der Waals surface area contributed by atoms with Crippen LogP contribution in [0.3, 0.4) is 0 Å². The molecule has 0 fully saturated rings. The van der Waals surface area contributed by atoms with Gasteiger partial charge in [-0.2, -0.15) is 0 Å². The van der Waals surface area contributed by atoms with Crippen LogP contribution in [0.1, 0.15) is 12.2 Å². The second-order valence-electron chi connectivity index (χ2n) is 4.99. The molecule has 2 aromatic rings. The summed E-state index contributed by atoms with van der Waals surface area (Å²) < 4.78 is 3.27. The minimum atomic E-state index is -0.806. The summed E-state index contributed by atoms with van der Waals surface area (Å²) in [6, 6.07) is 3.27. The van der Waals surface area contributed by atoms with Gasteiger partial charge < -0.3 is 14.2 Å². The van der Waals surface area contributed by atoms with Gasteiger partial charge >= 0.3 is 5.97 Å². The zero-order chi connectivity index (χ0) is 14.3. The van der Waals surface area contributed by atoms with E-state index in [4.69, 9.17) is 5.11 Å². The van der Waals surface area contributed by atoms with Gasteiger partial charge in [-0.3, -0.25) is 9.59 Å². The van der Waals surface area contributed by atoms with E-state index in [1.165, 1.54) is 10.6 Å². The molecule has 7 nitrogen and oxygen atoms in total. The molecule has 0 aliphatic carbocycles. The van der Waals surface area contributed by atoms with Crippen molar-refractivity contribution < 1.29 is 9.90 Å². The van der Waals surface area contributed by atoms with Crippen LogP contribution in [0.4, 0.5) is 0 Å². The summed E-state index contributed by atoms with van der Waals surface area (Å²) in [5.74, 6) is 0.102. The van der Waals surface area contributed by atoms with Crippen molar-refractivity contribution >= 4 is 5.97 Å². The first kappa shape index (κ1) is 12.6. The molecule has 1 aliphatic rings. The van der Waals surface area contributed by atoms with Crippen molar-refractivity contribution in [2.75, 3.05) is 0 Å². The Morgan fingerprint density at radius 1 is 1.45 bits per heavy atom. The van der Waals surface area contributed by atoms with Crippen LogP contribution in [0.15, 0.2) is 23.1 Å². The zero-order valence-electron chi connectivity index (χ0n) is 11.0. The molecule has 1 aliphatic heterocycles. The molecule has 1 unspecified atom stereocenters. The number of carboxylic acids is 1. The number of aliphatic carboxylic acids is 1. The summed E-state index contributed by atoms with van der Waals surface area (Å²) in [7, 11) is 1.67. The van der Waals surface area contributed by atoms with E-state index in [2.05, 4.69) is 10.2 Å². The summed E-state index contributed by atoms with van der Waals surface area (Å²) in [6.07, 6.45) is 2.83. The number of carbonyl (C=O) groups is 1. The molecule has 0 spiro atoms. The van der Waals surface area contributed by atoms with E-state index >= 15 is 0 Å². The Bertz CT molecular complexity index is 731. The highest BCUT2D eigenvalue weighted by Gasteiger charge is 2.27. The number of hydrogen-bond donors (Lipinski definition) is 1. The first-order chi connectivity index (χ1) is 9.56. The average Bonchev–Trinajstić information content (AvgIpc) is 2.84. The predicted molar refractivity (Wildman–Crippen MR) is 70.1 cm³/mol. The molecular formula is C13H14N4O3. The van der Waals surface area contributed by atoms with Gasteiger partial charge in [0.15, 0.2) is 5.82 Å². The van der Waals surface area contributed by atoms with E-state index in [1.54, 1.807) is 23.9 Å². The minimum absolute atomic E-state index is 0.134. The lowest BCUT2D eigenvalue weighted by molar-refractivity contribution is -0.142. The molecule has 0 saturated heterocycles. The van der Waals surface area contributed by atoms with Crippen LogP contribution in [-0.2, 0) is 24.8 Å². The fraction of sp³-hybridized carbons (Fsp3) is 0.385. The SMILES string of the molecule is Cn1ccc(-c2nnc3n2CC(C(=O)O)CC3)cc1=O. The summed E-state index contributed by atoms with van der Waals surface area (Å²) in [4.78, 5) is 22.8. The summed E-state index contributed by atoms with van der Waals surface area (Å²) >= 11 is 0. The fourth-order valence-corrected chi connectivity index (χ4v) is 2.43. The molecule has 1 N–H and O–H groups in total. The number of hydrogen-bond acceptors (Lipinski definition) is 4. The molecule has 2 aromatic heterocycles. The first-order valence-corrected chi connectivity index (χ1v) is 6.38. The monoisotopic (exact) mass is 274 g/mol. The van der Waals surface area contributed by atoms with Crippen molar-refractivity contribution in [3.8, 4) is 11.4 Å². The molecule has 0 amide bonds. The molecule has 20 heavy (non-hydrogen) atoms. The molecule has 0 bridgehead atoms. The third-order valence-corrected chi connectivity index (χ3v) is 3.66. The molecule has 0 saturated carbocycles. The molecule has 7 heteroatoms. The van der Waals surface area contributed by atoms with E-state index in [-0.39, 0.29) is 5.56 Å². The quantitative estimate of drug-likeness (QED) is 0.850. The second kappa shape index (κ2) is 4.59. The van der Waals surface area contributed by atoms with Crippen molar-refractivity contribution in [1.82, 2.24) is 19.3 Å². The van der Waals surface area contributed by atoms with Crippen LogP contribution in [0.5, 0.6) is 0 Å². The Balaban J connectivity index is 2.04. The van der Waals surface area contributed by atoms with Crippen molar-refractivity contribution in [2.45, 2.75) is 19.4 Å². The number of fused-ring (bicyclic) bond motifs is 1. The first-order valence-electron chi connectivity index (χ1n) is 6.38. The van der Waals surface area contributed by atoms with Gasteiger partial charge in [-0.05, 0) is 12.5 Å². The lowest BCUT2D eigenvalue weighted by Gasteiger charge is -2.21. The summed E-state index contributed by atoms with van der Waals surface area (Å²) in [5.41, 5.74) is 0.531.